The van der Waals surface area contributed by atoms with E-state index in [0.29, 0.717) is 38.6 Å². The molecule has 0 unspecified atom stereocenters. The molecule has 1 aliphatic rings. The van der Waals surface area contributed by atoms with Crippen LogP contribution in [-0.2, 0) is 4.79 Å². The molecule has 1 aromatic heterocycles. The van der Waals surface area contributed by atoms with Crippen molar-refractivity contribution in [1.29, 1.82) is 0 Å². The molecule has 3 N–H and O–H groups in total. The Morgan fingerprint density at radius 2 is 1.80 bits per heavy atom. The Morgan fingerprint density at radius 1 is 1.00 bits per heavy atom. The highest BCUT2D eigenvalue weighted by Crippen LogP contribution is 2.22. The summed E-state index contributed by atoms with van der Waals surface area (Å²) in [6.07, 6.45) is 9.28. The maximum atomic E-state index is 11.9. The number of nitrogens with one attached hydrogen (secondary N) is 3. The highest BCUT2D eigenvalue weighted by molar-refractivity contribution is 5.84. The molecule has 0 saturated heterocycles. The minimum atomic E-state index is -0.123. The lowest BCUT2D eigenvalue weighted by atomic mass is 9.96. The second-order valence-corrected chi connectivity index (χ2v) is 7.72. The molecule has 7 heteroatoms. The van der Waals surface area contributed by atoms with Crippen LogP contribution in [0.4, 0.5) is 4.79 Å². The van der Waals surface area contributed by atoms with E-state index in [0.717, 1.165) is 35.9 Å². The molecule has 162 valence electrons. The Morgan fingerprint density at radius 3 is 2.67 bits per heavy atom. The molecular weight excluding hydrogens is 380 g/mol. The number of carbonyl (C=O) groups is 2. The van der Waals surface area contributed by atoms with E-state index in [2.05, 4.69) is 20.9 Å². The molecule has 0 spiro atoms. The lowest BCUT2D eigenvalue weighted by Gasteiger charge is -2.22. The van der Waals surface area contributed by atoms with Crippen LogP contribution in [-0.4, -0.2) is 42.7 Å². The summed E-state index contributed by atoms with van der Waals surface area (Å²) in [5.41, 5.74) is 0.851. The van der Waals surface area contributed by atoms with Crippen LogP contribution in [0, 0.1) is 0 Å². The van der Waals surface area contributed by atoms with E-state index in [1.807, 2.05) is 30.3 Å². The SMILES string of the molecule is O=C(CCCNC(=O)NC1CCCCC1)NCCCOc1cccc2cccnc12. The number of fused-ring (bicyclic) bond motifs is 1. The lowest BCUT2D eigenvalue weighted by molar-refractivity contribution is -0.121. The number of urea groups is 1. The quantitative estimate of drug-likeness (QED) is 0.521. The zero-order valence-electron chi connectivity index (χ0n) is 17.5. The summed E-state index contributed by atoms with van der Waals surface area (Å²) in [5.74, 6) is 0.758. The van der Waals surface area contributed by atoms with Gasteiger partial charge in [-0.25, -0.2) is 4.79 Å². The Balaban J connectivity index is 1.22. The first kappa shape index (κ1) is 21.9. The molecule has 3 rings (SSSR count). The zero-order valence-corrected chi connectivity index (χ0v) is 17.5. The Labute approximate surface area is 178 Å². The van der Waals surface area contributed by atoms with E-state index in [1.165, 1.54) is 19.3 Å². The van der Waals surface area contributed by atoms with Crippen molar-refractivity contribution >= 4 is 22.8 Å². The van der Waals surface area contributed by atoms with Gasteiger partial charge in [0.1, 0.15) is 11.3 Å². The largest absolute Gasteiger partial charge is 0.491 e. The number of para-hydroxylation sites is 1. The van der Waals surface area contributed by atoms with Gasteiger partial charge in [-0.1, -0.05) is 37.5 Å². The normalized spacial score (nSPS) is 14.3. The van der Waals surface area contributed by atoms with Crippen molar-refractivity contribution in [3.8, 4) is 5.75 Å². The number of amides is 3. The van der Waals surface area contributed by atoms with E-state index in [1.54, 1.807) is 6.20 Å². The molecule has 3 amide bonds. The van der Waals surface area contributed by atoms with Crippen LogP contribution < -0.4 is 20.7 Å². The van der Waals surface area contributed by atoms with Gasteiger partial charge in [0.05, 0.1) is 6.61 Å². The second kappa shape index (κ2) is 12.0. The van der Waals surface area contributed by atoms with Crippen molar-refractivity contribution in [2.45, 2.75) is 57.4 Å². The van der Waals surface area contributed by atoms with Gasteiger partial charge in [0.25, 0.3) is 0 Å². The smallest absolute Gasteiger partial charge is 0.315 e. The van der Waals surface area contributed by atoms with Gasteiger partial charge < -0.3 is 20.7 Å². The minimum Gasteiger partial charge on any atom is -0.491 e. The van der Waals surface area contributed by atoms with Crippen LogP contribution in [0.3, 0.4) is 0 Å². The fourth-order valence-electron chi connectivity index (χ4n) is 3.70. The summed E-state index contributed by atoms with van der Waals surface area (Å²) in [6, 6.07) is 9.95. The average molecular weight is 413 g/mol. The molecule has 7 nitrogen and oxygen atoms in total. The maximum Gasteiger partial charge on any atom is 0.315 e. The van der Waals surface area contributed by atoms with Gasteiger partial charge >= 0.3 is 6.03 Å². The van der Waals surface area contributed by atoms with E-state index >= 15 is 0 Å². The van der Waals surface area contributed by atoms with Gasteiger partial charge in [0.15, 0.2) is 0 Å². The number of pyridine rings is 1. The van der Waals surface area contributed by atoms with E-state index in [9.17, 15) is 9.59 Å². The molecule has 1 aromatic carbocycles. The van der Waals surface area contributed by atoms with Gasteiger partial charge in [-0.2, -0.15) is 0 Å². The highest BCUT2D eigenvalue weighted by Gasteiger charge is 2.15. The molecular formula is C23H32N4O3. The van der Waals surface area contributed by atoms with Crippen LogP contribution >= 0.6 is 0 Å². The van der Waals surface area contributed by atoms with Crippen molar-refractivity contribution in [2.75, 3.05) is 19.7 Å². The minimum absolute atomic E-state index is 0.00341. The average Bonchev–Trinajstić information content (AvgIpc) is 2.77. The zero-order chi connectivity index (χ0) is 21.0. The fourth-order valence-corrected chi connectivity index (χ4v) is 3.70. The maximum absolute atomic E-state index is 11.9. The van der Waals surface area contributed by atoms with Crippen LogP contribution in [0.1, 0.15) is 51.4 Å². The van der Waals surface area contributed by atoms with Crippen LogP contribution in [0.25, 0.3) is 10.9 Å². The van der Waals surface area contributed by atoms with Gasteiger partial charge in [0.2, 0.25) is 5.91 Å². The number of benzene rings is 1. The third kappa shape index (κ3) is 7.21. The van der Waals surface area contributed by atoms with Crippen molar-refractivity contribution in [2.24, 2.45) is 0 Å². The molecule has 1 heterocycles. The number of carbonyl (C=O) groups excluding carboxylic acids is 2. The first-order chi connectivity index (χ1) is 14.7. The second-order valence-electron chi connectivity index (χ2n) is 7.72. The molecule has 1 aliphatic carbocycles. The van der Waals surface area contributed by atoms with E-state index in [-0.39, 0.29) is 11.9 Å². The van der Waals surface area contributed by atoms with Gasteiger partial charge in [-0.15, -0.1) is 0 Å². The standard InChI is InChI=1S/C23H32N4O3/c28-21(13-6-15-26-23(29)27-19-10-2-1-3-11-19)24-16-7-17-30-20-12-4-8-18-9-5-14-25-22(18)20/h4-5,8-9,12,14,19H,1-3,6-7,10-11,13,15-17H2,(H,24,28)(H2,26,27,29). The topological polar surface area (TPSA) is 92.4 Å². The number of hydrogen-bond acceptors (Lipinski definition) is 4. The number of nitrogens with zero attached hydrogens (tertiary/aromatic N) is 1. The van der Waals surface area contributed by atoms with Crippen LogP contribution in [0.2, 0.25) is 0 Å². The molecule has 0 aliphatic heterocycles. The highest BCUT2D eigenvalue weighted by atomic mass is 16.5. The predicted octanol–water partition coefficient (Wildman–Crippen LogP) is 3.53. The molecule has 30 heavy (non-hydrogen) atoms. The monoisotopic (exact) mass is 412 g/mol. The Bertz CT molecular complexity index is 816. The third-order valence-electron chi connectivity index (χ3n) is 5.30. The summed E-state index contributed by atoms with van der Waals surface area (Å²) in [7, 11) is 0. The lowest BCUT2D eigenvalue weighted by Crippen LogP contribution is -2.43. The number of rotatable bonds is 10. The van der Waals surface area contributed by atoms with Gasteiger partial charge in [0, 0.05) is 37.1 Å². The summed E-state index contributed by atoms with van der Waals surface area (Å²) in [5, 5.41) is 9.79. The molecule has 1 fully saturated rings. The third-order valence-corrected chi connectivity index (χ3v) is 5.30. The first-order valence-corrected chi connectivity index (χ1v) is 11.0. The molecule has 2 aromatic rings. The van der Waals surface area contributed by atoms with E-state index in [4.69, 9.17) is 4.74 Å². The van der Waals surface area contributed by atoms with Crippen LogP contribution in [0.15, 0.2) is 36.5 Å². The van der Waals surface area contributed by atoms with E-state index < -0.39 is 0 Å². The van der Waals surface area contributed by atoms with Crippen molar-refractivity contribution in [1.82, 2.24) is 20.9 Å². The van der Waals surface area contributed by atoms with Crippen molar-refractivity contribution < 1.29 is 14.3 Å². The first-order valence-electron chi connectivity index (χ1n) is 11.0. The number of hydrogen-bond donors (Lipinski definition) is 3. The molecule has 0 radical (unpaired) electrons. The summed E-state index contributed by atoms with van der Waals surface area (Å²) >= 11 is 0. The van der Waals surface area contributed by atoms with Crippen molar-refractivity contribution in [3.63, 3.8) is 0 Å². The van der Waals surface area contributed by atoms with Crippen molar-refractivity contribution in [3.05, 3.63) is 36.5 Å². The van der Waals surface area contributed by atoms with Gasteiger partial charge in [-0.3, -0.25) is 9.78 Å². The van der Waals surface area contributed by atoms with Gasteiger partial charge in [-0.05, 0) is 37.8 Å². The molecule has 0 bridgehead atoms. The van der Waals surface area contributed by atoms with Crippen LogP contribution in [0.5, 0.6) is 5.75 Å². The molecule has 1 saturated carbocycles. The molecule has 0 atom stereocenters. The number of ether oxygens (including phenoxy) is 1. The number of aromatic nitrogens is 1. The summed E-state index contributed by atoms with van der Waals surface area (Å²) in [6.45, 7) is 1.58. The summed E-state index contributed by atoms with van der Waals surface area (Å²) in [4.78, 5) is 28.1. The predicted molar refractivity (Wildman–Crippen MR) is 118 cm³/mol. The Hall–Kier alpha value is -2.83. The fraction of sp³-hybridized carbons (Fsp3) is 0.522. The summed E-state index contributed by atoms with van der Waals surface area (Å²) < 4.78 is 5.82. The Kier molecular flexibility index (Phi) is 8.75.